The summed E-state index contributed by atoms with van der Waals surface area (Å²) in [6.45, 7) is 5.01. The van der Waals surface area contributed by atoms with Crippen LogP contribution in [0, 0.1) is 5.82 Å². The van der Waals surface area contributed by atoms with Crippen molar-refractivity contribution in [3.63, 3.8) is 0 Å². The van der Waals surface area contributed by atoms with E-state index in [0.717, 1.165) is 22.0 Å². The van der Waals surface area contributed by atoms with Crippen molar-refractivity contribution in [3.8, 4) is 0 Å². The molecule has 0 bridgehead atoms. The molecular weight excluding hydrogens is 493 g/mol. The van der Waals surface area contributed by atoms with Crippen molar-refractivity contribution >= 4 is 27.5 Å². The zero-order valence-corrected chi connectivity index (χ0v) is 22.0. The molecule has 1 N–H and O–H groups in total. The summed E-state index contributed by atoms with van der Waals surface area (Å²) in [7, 11) is -4.18. The molecule has 196 valence electrons. The van der Waals surface area contributed by atoms with Gasteiger partial charge < -0.3 is 10.2 Å². The van der Waals surface area contributed by atoms with Gasteiger partial charge in [0.15, 0.2) is 0 Å². The molecule has 0 aliphatic carbocycles. The standard InChI is InChI=1S/C28H32FN3O4S/c1-4-26(28(34)30-21(2)3)31(19-22-11-7-5-8-12-22)27(33)20-32(24-17-15-23(29)16-18-24)37(35,36)25-13-9-6-10-14-25/h5-18,21,26H,4,19-20H2,1-3H3,(H,30,34). The fourth-order valence-corrected chi connectivity index (χ4v) is 5.37. The number of rotatable bonds is 11. The van der Waals surface area contributed by atoms with Gasteiger partial charge in [-0.15, -0.1) is 0 Å². The van der Waals surface area contributed by atoms with Crippen LogP contribution in [0.3, 0.4) is 0 Å². The lowest BCUT2D eigenvalue weighted by molar-refractivity contribution is -0.140. The van der Waals surface area contributed by atoms with Crippen LogP contribution >= 0.6 is 0 Å². The van der Waals surface area contributed by atoms with E-state index in [-0.39, 0.29) is 29.1 Å². The number of halogens is 1. The quantitative estimate of drug-likeness (QED) is 0.403. The van der Waals surface area contributed by atoms with Crippen molar-refractivity contribution in [2.75, 3.05) is 10.8 Å². The van der Waals surface area contributed by atoms with Crippen LogP contribution in [0.25, 0.3) is 0 Å². The van der Waals surface area contributed by atoms with Crippen molar-refractivity contribution in [1.29, 1.82) is 0 Å². The molecule has 0 radical (unpaired) electrons. The average Bonchev–Trinajstić information content (AvgIpc) is 2.88. The maximum atomic E-state index is 13.8. The van der Waals surface area contributed by atoms with Crippen LogP contribution in [0.5, 0.6) is 0 Å². The van der Waals surface area contributed by atoms with E-state index in [1.807, 2.05) is 44.2 Å². The Labute approximate surface area is 218 Å². The maximum Gasteiger partial charge on any atom is 0.264 e. The first-order valence-electron chi connectivity index (χ1n) is 12.1. The second kappa shape index (κ2) is 12.5. The number of amides is 2. The van der Waals surface area contributed by atoms with Crippen molar-refractivity contribution in [2.24, 2.45) is 0 Å². The number of carbonyl (C=O) groups is 2. The van der Waals surface area contributed by atoms with Gasteiger partial charge in [-0.05, 0) is 62.2 Å². The highest BCUT2D eigenvalue weighted by Gasteiger charge is 2.33. The molecule has 0 aromatic heterocycles. The molecule has 0 aliphatic rings. The molecule has 0 heterocycles. The predicted octanol–water partition coefficient (Wildman–Crippen LogP) is 4.35. The van der Waals surface area contributed by atoms with Crippen molar-refractivity contribution in [2.45, 2.75) is 50.7 Å². The molecule has 1 atom stereocenters. The first-order valence-corrected chi connectivity index (χ1v) is 13.5. The molecule has 3 aromatic carbocycles. The first kappa shape index (κ1) is 27.9. The first-order chi connectivity index (χ1) is 17.6. The molecule has 3 aromatic rings. The van der Waals surface area contributed by atoms with Crippen LogP contribution in [0.15, 0.2) is 89.8 Å². The summed E-state index contributed by atoms with van der Waals surface area (Å²) >= 11 is 0. The number of nitrogens with one attached hydrogen (secondary N) is 1. The summed E-state index contributed by atoms with van der Waals surface area (Å²) in [5.41, 5.74) is 0.934. The van der Waals surface area contributed by atoms with Gasteiger partial charge in [-0.2, -0.15) is 0 Å². The molecular formula is C28H32FN3O4S. The zero-order chi connectivity index (χ0) is 27.0. The zero-order valence-electron chi connectivity index (χ0n) is 21.2. The van der Waals surface area contributed by atoms with Crippen LogP contribution in [0.4, 0.5) is 10.1 Å². The number of hydrogen-bond acceptors (Lipinski definition) is 4. The number of carbonyl (C=O) groups excluding carboxylic acids is 2. The van der Waals surface area contributed by atoms with E-state index in [9.17, 15) is 22.4 Å². The SMILES string of the molecule is CCC(C(=O)NC(C)C)N(Cc1ccccc1)C(=O)CN(c1ccc(F)cc1)S(=O)(=O)c1ccccc1. The predicted molar refractivity (Wildman–Crippen MR) is 142 cm³/mol. The van der Waals surface area contributed by atoms with Crippen molar-refractivity contribution in [1.82, 2.24) is 10.2 Å². The lowest BCUT2D eigenvalue weighted by Gasteiger charge is -2.33. The summed E-state index contributed by atoms with van der Waals surface area (Å²) in [5, 5.41) is 2.86. The van der Waals surface area contributed by atoms with Crippen molar-refractivity contribution in [3.05, 3.63) is 96.3 Å². The average molecular weight is 526 g/mol. The Kier molecular flexibility index (Phi) is 9.41. The van der Waals surface area contributed by atoms with Crippen LogP contribution in [-0.4, -0.2) is 43.8 Å². The monoisotopic (exact) mass is 525 g/mol. The van der Waals surface area contributed by atoms with Crippen LogP contribution in [0.2, 0.25) is 0 Å². The van der Waals surface area contributed by atoms with E-state index in [2.05, 4.69) is 5.32 Å². The van der Waals surface area contributed by atoms with Gasteiger partial charge >= 0.3 is 0 Å². The smallest absolute Gasteiger partial charge is 0.264 e. The van der Waals surface area contributed by atoms with Gasteiger partial charge in [0.25, 0.3) is 10.0 Å². The van der Waals surface area contributed by atoms with Gasteiger partial charge in [0.05, 0.1) is 10.6 Å². The van der Waals surface area contributed by atoms with Gasteiger partial charge in [0, 0.05) is 12.6 Å². The Balaban J connectivity index is 2.03. The summed E-state index contributed by atoms with van der Waals surface area (Å²) < 4.78 is 41.9. The van der Waals surface area contributed by atoms with Gasteiger partial charge in [-0.1, -0.05) is 55.5 Å². The van der Waals surface area contributed by atoms with E-state index in [1.54, 1.807) is 25.1 Å². The van der Waals surface area contributed by atoms with Crippen LogP contribution in [-0.2, 0) is 26.2 Å². The molecule has 0 fully saturated rings. The van der Waals surface area contributed by atoms with Crippen LogP contribution in [0.1, 0.15) is 32.8 Å². The van der Waals surface area contributed by atoms with Gasteiger partial charge in [-0.25, -0.2) is 12.8 Å². The van der Waals surface area contributed by atoms with Gasteiger partial charge in [0.1, 0.15) is 18.4 Å². The highest BCUT2D eigenvalue weighted by Crippen LogP contribution is 2.25. The Hall–Kier alpha value is -3.72. The summed E-state index contributed by atoms with van der Waals surface area (Å²) in [6, 6.07) is 20.9. The fourth-order valence-electron chi connectivity index (χ4n) is 3.94. The summed E-state index contributed by atoms with van der Waals surface area (Å²) in [5.74, 6) is -1.41. The molecule has 3 rings (SSSR count). The Morgan fingerprint density at radius 2 is 1.46 bits per heavy atom. The number of nitrogens with zero attached hydrogens (tertiary/aromatic N) is 2. The third-order valence-electron chi connectivity index (χ3n) is 5.74. The highest BCUT2D eigenvalue weighted by molar-refractivity contribution is 7.92. The number of sulfonamides is 1. The van der Waals surface area contributed by atoms with E-state index in [1.165, 1.54) is 29.2 Å². The lowest BCUT2D eigenvalue weighted by atomic mass is 10.1. The molecule has 0 saturated heterocycles. The van der Waals surface area contributed by atoms with E-state index in [0.29, 0.717) is 6.42 Å². The molecule has 37 heavy (non-hydrogen) atoms. The molecule has 1 unspecified atom stereocenters. The normalized spacial score (nSPS) is 12.1. The number of benzene rings is 3. The minimum absolute atomic E-state index is 0.00803. The van der Waals surface area contributed by atoms with Gasteiger partial charge in [0.2, 0.25) is 11.8 Å². The minimum atomic E-state index is -4.18. The topological polar surface area (TPSA) is 86.8 Å². The minimum Gasteiger partial charge on any atom is -0.352 e. The molecule has 0 saturated carbocycles. The molecule has 0 spiro atoms. The third-order valence-corrected chi connectivity index (χ3v) is 7.53. The third kappa shape index (κ3) is 7.16. The molecule has 7 nitrogen and oxygen atoms in total. The molecule has 0 aliphatic heterocycles. The largest absolute Gasteiger partial charge is 0.352 e. The summed E-state index contributed by atoms with van der Waals surface area (Å²) in [4.78, 5) is 28.3. The number of anilines is 1. The van der Waals surface area contributed by atoms with Crippen molar-refractivity contribution < 1.29 is 22.4 Å². The van der Waals surface area contributed by atoms with Crippen LogP contribution < -0.4 is 9.62 Å². The summed E-state index contributed by atoms with van der Waals surface area (Å²) in [6.07, 6.45) is 0.332. The second-order valence-electron chi connectivity index (χ2n) is 8.90. The Morgan fingerprint density at radius 1 is 0.892 bits per heavy atom. The Morgan fingerprint density at radius 3 is 2.00 bits per heavy atom. The lowest BCUT2D eigenvalue weighted by Crippen LogP contribution is -2.53. The highest BCUT2D eigenvalue weighted by atomic mass is 32.2. The van der Waals surface area contributed by atoms with E-state index < -0.39 is 34.3 Å². The molecule has 2 amide bonds. The second-order valence-corrected chi connectivity index (χ2v) is 10.8. The van der Waals surface area contributed by atoms with Gasteiger partial charge in [-0.3, -0.25) is 13.9 Å². The maximum absolute atomic E-state index is 13.8. The Bertz CT molecular complexity index is 1280. The fraction of sp³-hybridized carbons (Fsp3) is 0.286. The molecule has 9 heteroatoms. The van der Waals surface area contributed by atoms with E-state index >= 15 is 0 Å². The number of hydrogen-bond donors (Lipinski definition) is 1. The van der Waals surface area contributed by atoms with E-state index in [4.69, 9.17) is 0 Å².